The number of carbonyl (C=O) groups excluding carboxylic acids is 1. The molecule has 4 rings (SSSR count). The molecule has 0 aliphatic carbocycles. The molecule has 0 radical (unpaired) electrons. The molecule has 0 saturated carbocycles. The van der Waals surface area contributed by atoms with E-state index in [-0.39, 0.29) is 11.9 Å². The van der Waals surface area contributed by atoms with Crippen LogP contribution in [-0.2, 0) is 0 Å². The van der Waals surface area contributed by atoms with Gasteiger partial charge in [0.2, 0.25) is 0 Å². The van der Waals surface area contributed by atoms with Gasteiger partial charge in [-0.25, -0.2) is 4.98 Å². The van der Waals surface area contributed by atoms with Crippen LogP contribution in [0.3, 0.4) is 0 Å². The number of fused-ring (bicyclic) bond motifs is 3. The molecule has 1 amide bonds. The van der Waals surface area contributed by atoms with Crippen molar-refractivity contribution < 1.29 is 4.79 Å². The first-order valence-electron chi connectivity index (χ1n) is 8.06. The first kappa shape index (κ1) is 14.7. The van der Waals surface area contributed by atoms with Crippen molar-refractivity contribution in [2.75, 3.05) is 19.6 Å². The van der Waals surface area contributed by atoms with E-state index < -0.39 is 0 Å². The van der Waals surface area contributed by atoms with Gasteiger partial charge < -0.3 is 10.2 Å². The molecule has 3 atom stereocenters. The van der Waals surface area contributed by atoms with Gasteiger partial charge in [0.15, 0.2) is 0 Å². The van der Waals surface area contributed by atoms with E-state index in [1.807, 2.05) is 18.4 Å². The Bertz CT molecular complexity index is 805. The zero-order valence-corrected chi connectivity index (χ0v) is 13.9. The molecule has 2 aromatic heterocycles. The van der Waals surface area contributed by atoms with Gasteiger partial charge in [-0.15, -0.1) is 17.3 Å². The number of thiophene rings is 1. The van der Waals surface area contributed by atoms with E-state index in [4.69, 9.17) is 0 Å². The van der Waals surface area contributed by atoms with Gasteiger partial charge in [0.1, 0.15) is 5.69 Å². The summed E-state index contributed by atoms with van der Waals surface area (Å²) >= 11 is 1.62. The molecule has 23 heavy (non-hydrogen) atoms. The lowest BCUT2D eigenvalue weighted by molar-refractivity contribution is 0.0904. The average molecular weight is 325 g/mol. The Morgan fingerprint density at radius 2 is 2.39 bits per heavy atom. The normalized spacial score (nSPS) is 25.9. The number of aromatic nitrogens is 1. The summed E-state index contributed by atoms with van der Waals surface area (Å²) in [5.74, 6) is 6.69. The number of hydrogen-bond donors (Lipinski definition) is 1. The molecule has 5 heteroatoms. The van der Waals surface area contributed by atoms with Gasteiger partial charge in [-0.2, -0.15) is 0 Å². The van der Waals surface area contributed by atoms with Crippen LogP contribution in [0.5, 0.6) is 0 Å². The average Bonchev–Trinajstić information content (AvgIpc) is 3.10. The van der Waals surface area contributed by atoms with Crippen LogP contribution in [0.15, 0.2) is 17.6 Å². The maximum absolute atomic E-state index is 12.6. The summed E-state index contributed by atoms with van der Waals surface area (Å²) in [4.78, 5) is 19.3. The van der Waals surface area contributed by atoms with Crippen LogP contribution in [0.25, 0.3) is 10.1 Å². The molecule has 2 fully saturated rings. The molecule has 2 saturated heterocycles. The highest BCUT2D eigenvalue weighted by atomic mass is 32.1. The van der Waals surface area contributed by atoms with Crippen LogP contribution >= 0.6 is 11.3 Å². The van der Waals surface area contributed by atoms with Gasteiger partial charge in [-0.1, -0.05) is 5.92 Å². The minimum absolute atomic E-state index is 0.0685. The number of piperidine rings is 1. The van der Waals surface area contributed by atoms with Gasteiger partial charge in [-0.3, -0.25) is 4.79 Å². The Morgan fingerprint density at radius 3 is 3.22 bits per heavy atom. The van der Waals surface area contributed by atoms with E-state index in [2.05, 4.69) is 27.0 Å². The first-order chi connectivity index (χ1) is 11.2. The summed E-state index contributed by atoms with van der Waals surface area (Å²) < 4.78 is 1.07. The SMILES string of the molecule is CC#Cc1csc2cnc(C(=O)NC3CC4CCN(C4)C3)cc12. The molecule has 118 valence electrons. The molecule has 1 N–H and O–H groups in total. The van der Waals surface area contributed by atoms with Gasteiger partial charge >= 0.3 is 0 Å². The minimum atomic E-state index is -0.0685. The summed E-state index contributed by atoms with van der Waals surface area (Å²) in [6, 6.07) is 2.12. The van der Waals surface area contributed by atoms with Gasteiger partial charge in [-0.05, 0) is 38.3 Å². The second kappa shape index (κ2) is 5.95. The largest absolute Gasteiger partial charge is 0.347 e. The van der Waals surface area contributed by atoms with Crippen LogP contribution in [0, 0.1) is 17.8 Å². The highest BCUT2D eigenvalue weighted by Gasteiger charge is 2.33. The summed E-state index contributed by atoms with van der Waals surface area (Å²) in [5, 5.41) is 6.22. The molecular formula is C18H19N3OS. The first-order valence-corrected chi connectivity index (χ1v) is 8.94. The maximum atomic E-state index is 12.6. The predicted octanol–water partition coefficient (Wildman–Crippen LogP) is 2.49. The molecule has 2 bridgehead atoms. The topological polar surface area (TPSA) is 45.2 Å². The Morgan fingerprint density at radius 1 is 1.48 bits per heavy atom. The van der Waals surface area contributed by atoms with Crippen LogP contribution in [-0.4, -0.2) is 41.5 Å². The molecular weight excluding hydrogens is 306 g/mol. The number of hydrogen-bond acceptors (Lipinski definition) is 4. The third-order valence-corrected chi connectivity index (χ3v) is 5.69. The fourth-order valence-electron chi connectivity index (χ4n) is 3.71. The van der Waals surface area contributed by atoms with Crippen molar-refractivity contribution in [1.29, 1.82) is 0 Å². The Kier molecular flexibility index (Phi) is 3.80. The van der Waals surface area contributed by atoms with E-state index in [9.17, 15) is 4.79 Å². The monoisotopic (exact) mass is 325 g/mol. The highest BCUT2D eigenvalue weighted by Crippen LogP contribution is 2.27. The number of nitrogens with zero attached hydrogens (tertiary/aromatic N) is 2. The van der Waals surface area contributed by atoms with E-state index in [0.717, 1.165) is 34.5 Å². The van der Waals surface area contributed by atoms with Crippen molar-refractivity contribution in [1.82, 2.24) is 15.2 Å². The quantitative estimate of drug-likeness (QED) is 0.863. The van der Waals surface area contributed by atoms with Crippen molar-refractivity contribution >= 4 is 27.3 Å². The van der Waals surface area contributed by atoms with Gasteiger partial charge in [0.05, 0.1) is 4.70 Å². The van der Waals surface area contributed by atoms with Crippen molar-refractivity contribution in [3.05, 3.63) is 28.9 Å². The second-order valence-electron chi connectivity index (χ2n) is 6.41. The van der Waals surface area contributed by atoms with E-state index >= 15 is 0 Å². The zero-order chi connectivity index (χ0) is 15.8. The zero-order valence-electron chi connectivity index (χ0n) is 13.1. The predicted molar refractivity (Wildman–Crippen MR) is 92.6 cm³/mol. The third-order valence-electron chi connectivity index (χ3n) is 4.76. The number of carbonyl (C=O) groups is 1. The van der Waals surface area contributed by atoms with Gasteiger partial charge in [0, 0.05) is 41.7 Å². The summed E-state index contributed by atoms with van der Waals surface area (Å²) in [5.41, 5.74) is 1.47. The number of pyridine rings is 1. The highest BCUT2D eigenvalue weighted by molar-refractivity contribution is 7.17. The van der Waals surface area contributed by atoms with Gasteiger partial charge in [0.25, 0.3) is 5.91 Å². The number of amides is 1. The van der Waals surface area contributed by atoms with Crippen LogP contribution < -0.4 is 5.32 Å². The van der Waals surface area contributed by atoms with Crippen LogP contribution in [0.4, 0.5) is 0 Å². The van der Waals surface area contributed by atoms with Crippen molar-refractivity contribution in [3.8, 4) is 11.8 Å². The number of rotatable bonds is 2. The van der Waals surface area contributed by atoms with Crippen molar-refractivity contribution in [2.24, 2.45) is 5.92 Å². The van der Waals surface area contributed by atoms with Crippen molar-refractivity contribution in [3.63, 3.8) is 0 Å². The molecule has 4 heterocycles. The third kappa shape index (κ3) is 2.85. The minimum Gasteiger partial charge on any atom is -0.347 e. The molecule has 3 unspecified atom stereocenters. The standard InChI is InChI=1S/C18H19N3OS/c1-2-3-13-11-23-17-8-19-16(7-15(13)17)18(22)20-14-6-12-4-5-21(9-12)10-14/h7-8,11-12,14H,4-6,9-10H2,1H3,(H,20,22). The fraction of sp³-hybridized carbons (Fsp3) is 0.444. The lowest BCUT2D eigenvalue weighted by Gasteiger charge is -2.30. The van der Waals surface area contributed by atoms with Crippen LogP contribution in [0.2, 0.25) is 0 Å². The Hall–Kier alpha value is -1.90. The van der Waals surface area contributed by atoms with E-state index in [1.54, 1.807) is 17.5 Å². The number of nitrogens with one attached hydrogen (secondary N) is 1. The Balaban J connectivity index is 1.54. The summed E-state index contributed by atoms with van der Waals surface area (Å²) in [6.07, 6.45) is 4.14. The smallest absolute Gasteiger partial charge is 0.270 e. The van der Waals surface area contributed by atoms with E-state index in [1.165, 1.54) is 19.5 Å². The molecule has 0 aromatic carbocycles. The second-order valence-corrected chi connectivity index (χ2v) is 7.32. The lowest BCUT2D eigenvalue weighted by Crippen LogP contribution is -2.47. The lowest BCUT2D eigenvalue weighted by atomic mass is 9.97. The van der Waals surface area contributed by atoms with E-state index in [0.29, 0.717) is 5.69 Å². The summed E-state index contributed by atoms with van der Waals surface area (Å²) in [7, 11) is 0. The van der Waals surface area contributed by atoms with Crippen LogP contribution in [0.1, 0.15) is 35.8 Å². The molecule has 2 aliphatic rings. The Labute approximate surface area is 139 Å². The molecule has 2 aromatic rings. The molecule has 4 nitrogen and oxygen atoms in total. The maximum Gasteiger partial charge on any atom is 0.270 e. The fourth-order valence-corrected chi connectivity index (χ4v) is 4.55. The van der Waals surface area contributed by atoms with Crippen molar-refractivity contribution in [2.45, 2.75) is 25.8 Å². The summed E-state index contributed by atoms with van der Waals surface area (Å²) in [6.45, 7) is 5.17. The molecule has 2 aliphatic heterocycles. The molecule has 0 spiro atoms.